The monoisotopic (exact) mass is 396 g/mol. The molecule has 3 rings (SSSR count). The fourth-order valence-corrected chi connectivity index (χ4v) is 3.34. The van der Waals surface area contributed by atoms with Crippen molar-refractivity contribution in [2.45, 2.75) is 51.3 Å². The van der Waals surface area contributed by atoms with Crippen LogP contribution < -0.4 is 11.1 Å². The van der Waals surface area contributed by atoms with Crippen LogP contribution in [0.3, 0.4) is 0 Å². The fraction of sp³-hybridized carbons (Fsp3) is 0.647. The quantitative estimate of drug-likeness (QED) is 0.668. The summed E-state index contributed by atoms with van der Waals surface area (Å²) in [5.41, 5.74) is 4.60. The molecule has 2 aromatic heterocycles. The molecular weight excluding hydrogens is 371 g/mol. The van der Waals surface area contributed by atoms with Crippen molar-refractivity contribution in [3.63, 3.8) is 0 Å². The summed E-state index contributed by atoms with van der Waals surface area (Å²) in [5.74, 6) is 0.0525. The second kappa shape index (κ2) is 7.84. The zero-order chi connectivity index (χ0) is 20.5. The lowest BCUT2D eigenvalue weighted by atomic mass is 9.98. The van der Waals surface area contributed by atoms with Crippen molar-refractivity contribution in [1.82, 2.24) is 19.5 Å². The van der Waals surface area contributed by atoms with E-state index in [1.165, 1.54) is 17.8 Å². The van der Waals surface area contributed by atoms with Gasteiger partial charge >= 0.3 is 5.97 Å². The Bertz CT molecular complexity index is 858. The maximum Gasteiger partial charge on any atom is 0.305 e. The highest BCUT2D eigenvalue weighted by molar-refractivity contribution is 5.84. The van der Waals surface area contributed by atoms with Crippen LogP contribution in [0, 0.1) is 0 Å². The molecule has 0 spiro atoms. The minimum atomic E-state index is -1.94. The Morgan fingerprint density at radius 3 is 2.86 bits per heavy atom. The van der Waals surface area contributed by atoms with Crippen LogP contribution in [0.5, 0.6) is 0 Å². The largest absolute Gasteiger partial charge is 0.463 e. The second-order valence-corrected chi connectivity index (χ2v) is 6.60. The van der Waals surface area contributed by atoms with Crippen LogP contribution in [0.25, 0.3) is 11.2 Å². The van der Waals surface area contributed by atoms with Gasteiger partial charge in [-0.1, -0.05) is 6.92 Å². The molecule has 1 aliphatic rings. The zero-order valence-corrected chi connectivity index (χ0v) is 16.3. The average molecular weight is 396 g/mol. The number of carbonyl (C=O) groups is 1. The standard InChI is InChI=1S/C17H25FN6O4/c1-5-10(25)27-7-9-12(26-6-2)17(3,18)15(28-9)24-8-21-11-13(20-4)22-16(19)23-14(11)24/h8-9,12,15H,5-7H2,1-4H3,(H3,19,20,22,23)/t9-,12-,15-,17-/m1/s1. The number of halogens is 1. The van der Waals surface area contributed by atoms with Crippen molar-refractivity contribution < 1.29 is 23.4 Å². The van der Waals surface area contributed by atoms with Gasteiger partial charge in [-0.3, -0.25) is 9.36 Å². The molecule has 154 valence electrons. The molecule has 10 nitrogen and oxygen atoms in total. The van der Waals surface area contributed by atoms with Crippen LogP contribution in [0.15, 0.2) is 6.33 Å². The first-order valence-corrected chi connectivity index (χ1v) is 9.12. The minimum Gasteiger partial charge on any atom is -0.463 e. The van der Waals surface area contributed by atoms with Crippen LogP contribution in [0.1, 0.15) is 33.4 Å². The summed E-state index contributed by atoms with van der Waals surface area (Å²) in [5, 5.41) is 2.89. The molecular formula is C17H25FN6O4. The van der Waals surface area contributed by atoms with Crippen molar-refractivity contribution in [2.75, 3.05) is 31.3 Å². The topological polar surface area (TPSA) is 126 Å². The van der Waals surface area contributed by atoms with Gasteiger partial charge in [-0.25, -0.2) is 9.37 Å². The summed E-state index contributed by atoms with van der Waals surface area (Å²) in [6.45, 7) is 5.00. The van der Waals surface area contributed by atoms with Crippen molar-refractivity contribution in [2.24, 2.45) is 0 Å². The lowest BCUT2D eigenvalue weighted by Crippen LogP contribution is -2.43. The van der Waals surface area contributed by atoms with E-state index in [-0.39, 0.29) is 25.6 Å². The molecule has 0 radical (unpaired) electrons. The SMILES string of the molecule is CCO[C@@H]1[C@@H](COC(=O)CC)O[C@@H](n2cnc3c(NC)nc(N)nc32)[C@]1(C)F. The molecule has 28 heavy (non-hydrogen) atoms. The van der Waals surface area contributed by atoms with Crippen molar-refractivity contribution in [3.8, 4) is 0 Å². The highest BCUT2D eigenvalue weighted by Crippen LogP contribution is 2.44. The third-order valence-corrected chi connectivity index (χ3v) is 4.65. The maximum atomic E-state index is 15.8. The van der Waals surface area contributed by atoms with Crippen LogP contribution in [-0.2, 0) is 19.0 Å². The lowest BCUT2D eigenvalue weighted by Gasteiger charge is -2.27. The van der Waals surface area contributed by atoms with E-state index in [1.54, 1.807) is 20.9 Å². The Morgan fingerprint density at radius 1 is 1.46 bits per heavy atom. The molecule has 11 heteroatoms. The summed E-state index contributed by atoms with van der Waals surface area (Å²) in [4.78, 5) is 24.1. The van der Waals surface area contributed by atoms with Crippen LogP contribution in [0.2, 0.25) is 0 Å². The number of nitrogens with zero attached hydrogens (tertiary/aromatic N) is 4. The van der Waals surface area contributed by atoms with Gasteiger partial charge in [-0.05, 0) is 13.8 Å². The molecule has 0 saturated carbocycles. The summed E-state index contributed by atoms with van der Waals surface area (Å²) in [6.07, 6.45) is -1.18. The van der Waals surface area contributed by atoms with Crippen molar-refractivity contribution >= 4 is 28.9 Å². The van der Waals surface area contributed by atoms with E-state index in [9.17, 15) is 4.79 Å². The molecule has 3 heterocycles. The third kappa shape index (κ3) is 3.47. The first kappa shape index (κ1) is 20.2. The van der Waals surface area contributed by atoms with Crippen LogP contribution >= 0.6 is 0 Å². The third-order valence-electron chi connectivity index (χ3n) is 4.65. The predicted molar refractivity (Wildman–Crippen MR) is 99.4 cm³/mol. The van der Waals surface area contributed by atoms with E-state index in [0.29, 0.717) is 17.0 Å². The molecule has 3 N–H and O–H groups in total. The van der Waals surface area contributed by atoms with Crippen LogP contribution in [-0.4, -0.2) is 63.6 Å². The highest BCUT2D eigenvalue weighted by Gasteiger charge is 2.57. The summed E-state index contributed by atoms with van der Waals surface area (Å²) in [6, 6.07) is 0. The van der Waals surface area contributed by atoms with Crippen molar-refractivity contribution in [3.05, 3.63) is 6.33 Å². The Hall–Kier alpha value is -2.53. The van der Waals surface area contributed by atoms with E-state index in [2.05, 4.69) is 20.3 Å². The zero-order valence-electron chi connectivity index (χ0n) is 16.3. The first-order chi connectivity index (χ1) is 13.3. The van der Waals surface area contributed by atoms with Crippen LogP contribution in [0.4, 0.5) is 16.2 Å². The lowest BCUT2D eigenvalue weighted by molar-refractivity contribution is -0.150. The number of hydrogen-bond donors (Lipinski definition) is 2. The van der Waals surface area contributed by atoms with Gasteiger partial charge in [0.1, 0.15) is 18.8 Å². The molecule has 0 aliphatic carbocycles. The van der Waals surface area contributed by atoms with Crippen molar-refractivity contribution in [1.29, 1.82) is 0 Å². The number of fused-ring (bicyclic) bond motifs is 1. The summed E-state index contributed by atoms with van der Waals surface area (Å²) < 4.78 is 34.0. The van der Waals surface area contributed by atoms with Gasteiger partial charge in [-0.15, -0.1) is 0 Å². The average Bonchev–Trinajstić information content (AvgIpc) is 3.18. The second-order valence-electron chi connectivity index (χ2n) is 6.60. The molecule has 0 aromatic carbocycles. The van der Waals surface area contributed by atoms with E-state index in [0.717, 1.165) is 0 Å². The van der Waals surface area contributed by atoms with Gasteiger partial charge < -0.3 is 25.3 Å². The number of carbonyl (C=O) groups excluding carboxylic acids is 1. The first-order valence-electron chi connectivity index (χ1n) is 9.12. The smallest absolute Gasteiger partial charge is 0.305 e. The number of nitrogens with one attached hydrogen (secondary N) is 1. The number of esters is 1. The number of aromatic nitrogens is 4. The highest BCUT2D eigenvalue weighted by atomic mass is 19.1. The number of nitrogens with two attached hydrogens (primary N) is 1. The molecule has 0 bridgehead atoms. The number of alkyl halides is 1. The van der Waals surface area contributed by atoms with Gasteiger partial charge in [0.25, 0.3) is 0 Å². The molecule has 4 atom stereocenters. The summed E-state index contributed by atoms with van der Waals surface area (Å²) >= 11 is 0. The van der Waals surface area contributed by atoms with E-state index in [1.807, 2.05) is 0 Å². The number of ether oxygens (including phenoxy) is 3. The van der Waals surface area contributed by atoms with Gasteiger partial charge in [0, 0.05) is 20.1 Å². The van der Waals surface area contributed by atoms with Gasteiger partial charge in [0.2, 0.25) is 5.95 Å². The van der Waals surface area contributed by atoms with Gasteiger partial charge in [0.05, 0.1) is 6.33 Å². The molecule has 0 unspecified atom stereocenters. The summed E-state index contributed by atoms with van der Waals surface area (Å²) in [7, 11) is 1.68. The number of nitrogen functional groups attached to an aromatic ring is 1. The molecule has 2 aromatic rings. The molecule has 1 saturated heterocycles. The Morgan fingerprint density at radius 2 is 2.21 bits per heavy atom. The van der Waals surface area contributed by atoms with E-state index >= 15 is 4.39 Å². The molecule has 0 amide bonds. The normalized spacial score (nSPS) is 27.2. The number of rotatable bonds is 7. The Balaban J connectivity index is 1.98. The fourth-order valence-electron chi connectivity index (χ4n) is 3.34. The molecule has 1 fully saturated rings. The maximum absolute atomic E-state index is 15.8. The van der Waals surface area contributed by atoms with E-state index in [4.69, 9.17) is 19.9 Å². The number of hydrogen-bond acceptors (Lipinski definition) is 9. The van der Waals surface area contributed by atoms with E-state index < -0.39 is 30.1 Å². The Labute approximate surface area is 161 Å². The van der Waals surface area contributed by atoms with Gasteiger partial charge in [0.15, 0.2) is 28.9 Å². The molecule has 1 aliphatic heterocycles. The number of imidazole rings is 1. The predicted octanol–water partition coefficient (Wildman–Crippen LogP) is 1.43. The Kier molecular flexibility index (Phi) is 5.66. The number of anilines is 2. The minimum absolute atomic E-state index is 0.0203. The van der Waals surface area contributed by atoms with Gasteiger partial charge in [-0.2, -0.15) is 9.97 Å².